The maximum absolute atomic E-state index is 12.3. The number of hydrogen-bond donors (Lipinski definition) is 0. The maximum atomic E-state index is 12.3. The fraction of sp³-hybridized carbons (Fsp3) is 0.0870. The molecule has 1 heterocycles. The van der Waals surface area contributed by atoms with Crippen LogP contribution in [0.25, 0.3) is 16.8 Å². The standard InChI is InChI=1S/C23H16N2O4/c1-27-21-13-15(6-9-20(21)28-11-10-24)12-19-23(26)29-22(25-19)18-8-7-16-4-2-3-5-17(16)14-18/h2-9,12-14H,11H2,1H3/b19-12-. The highest BCUT2D eigenvalue weighted by molar-refractivity contribution is 6.13. The van der Waals surface area contributed by atoms with Crippen molar-refractivity contribution in [2.75, 3.05) is 13.7 Å². The van der Waals surface area contributed by atoms with Gasteiger partial charge in [0.05, 0.1) is 7.11 Å². The zero-order valence-corrected chi connectivity index (χ0v) is 15.6. The fourth-order valence-electron chi connectivity index (χ4n) is 3.02. The lowest BCUT2D eigenvalue weighted by Crippen LogP contribution is -2.05. The van der Waals surface area contributed by atoms with Gasteiger partial charge in [0.25, 0.3) is 0 Å². The number of cyclic esters (lactones) is 1. The summed E-state index contributed by atoms with van der Waals surface area (Å²) in [6.07, 6.45) is 1.62. The molecule has 1 aliphatic rings. The monoisotopic (exact) mass is 384 g/mol. The van der Waals surface area contributed by atoms with Crippen molar-refractivity contribution in [1.82, 2.24) is 0 Å². The van der Waals surface area contributed by atoms with E-state index in [4.69, 9.17) is 19.5 Å². The smallest absolute Gasteiger partial charge is 0.363 e. The molecule has 29 heavy (non-hydrogen) atoms. The number of fused-ring (bicyclic) bond motifs is 1. The summed E-state index contributed by atoms with van der Waals surface area (Å²) in [7, 11) is 1.51. The van der Waals surface area contributed by atoms with Gasteiger partial charge < -0.3 is 14.2 Å². The molecule has 142 valence electrons. The summed E-state index contributed by atoms with van der Waals surface area (Å²) in [6, 6.07) is 20.8. The summed E-state index contributed by atoms with van der Waals surface area (Å²) in [5, 5.41) is 10.8. The van der Waals surface area contributed by atoms with Gasteiger partial charge in [-0.2, -0.15) is 5.26 Å². The van der Waals surface area contributed by atoms with Crippen LogP contribution in [0, 0.1) is 11.3 Å². The highest BCUT2D eigenvalue weighted by atomic mass is 16.6. The lowest BCUT2D eigenvalue weighted by atomic mass is 10.1. The molecule has 0 saturated carbocycles. The minimum absolute atomic E-state index is 0.0808. The molecule has 0 N–H and O–H groups in total. The zero-order valence-electron chi connectivity index (χ0n) is 15.6. The first kappa shape index (κ1) is 18.3. The van der Waals surface area contributed by atoms with Crippen molar-refractivity contribution in [1.29, 1.82) is 5.26 Å². The van der Waals surface area contributed by atoms with Gasteiger partial charge in [-0.3, -0.25) is 0 Å². The molecule has 3 aromatic carbocycles. The highest BCUT2D eigenvalue weighted by Gasteiger charge is 2.24. The van der Waals surface area contributed by atoms with Gasteiger partial charge in [-0.15, -0.1) is 0 Å². The molecule has 0 radical (unpaired) electrons. The number of ether oxygens (including phenoxy) is 3. The quantitative estimate of drug-likeness (QED) is 0.489. The number of methoxy groups -OCH3 is 1. The number of nitrogens with zero attached hydrogens (tertiary/aromatic N) is 2. The lowest BCUT2D eigenvalue weighted by Gasteiger charge is -2.08. The van der Waals surface area contributed by atoms with Gasteiger partial charge >= 0.3 is 5.97 Å². The lowest BCUT2D eigenvalue weighted by molar-refractivity contribution is -0.129. The van der Waals surface area contributed by atoms with Crippen molar-refractivity contribution in [2.45, 2.75) is 0 Å². The van der Waals surface area contributed by atoms with E-state index in [1.807, 2.05) is 48.5 Å². The summed E-state index contributed by atoms with van der Waals surface area (Å²) < 4.78 is 16.0. The summed E-state index contributed by atoms with van der Waals surface area (Å²) >= 11 is 0. The van der Waals surface area contributed by atoms with Crippen LogP contribution in [0.3, 0.4) is 0 Å². The van der Waals surface area contributed by atoms with Crippen LogP contribution in [-0.4, -0.2) is 25.6 Å². The topological polar surface area (TPSA) is 80.9 Å². The van der Waals surface area contributed by atoms with Gasteiger partial charge in [-0.25, -0.2) is 9.79 Å². The Morgan fingerprint density at radius 3 is 2.69 bits per heavy atom. The molecule has 0 amide bonds. The molecule has 0 fully saturated rings. The number of carbonyl (C=O) groups is 1. The van der Waals surface area contributed by atoms with Crippen LogP contribution < -0.4 is 9.47 Å². The van der Waals surface area contributed by atoms with E-state index < -0.39 is 5.97 Å². The first-order valence-electron chi connectivity index (χ1n) is 8.87. The van der Waals surface area contributed by atoms with Crippen molar-refractivity contribution >= 4 is 28.7 Å². The minimum Gasteiger partial charge on any atom is -0.493 e. The van der Waals surface area contributed by atoms with Crippen molar-refractivity contribution < 1.29 is 19.0 Å². The number of nitriles is 1. The van der Waals surface area contributed by atoms with Crippen molar-refractivity contribution in [3.8, 4) is 17.6 Å². The first-order chi connectivity index (χ1) is 14.2. The Morgan fingerprint density at radius 2 is 1.90 bits per heavy atom. The molecule has 0 saturated heterocycles. The molecular formula is C23H16N2O4. The number of aliphatic imine (C=N–C) groups is 1. The molecule has 0 bridgehead atoms. The molecule has 0 atom stereocenters. The van der Waals surface area contributed by atoms with Gasteiger partial charge in [0.15, 0.2) is 23.8 Å². The van der Waals surface area contributed by atoms with E-state index in [0.29, 0.717) is 17.1 Å². The summed E-state index contributed by atoms with van der Waals surface area (Å²) in [5.74, 6) is 0.662. The number of benzene rings is 3. The molecule has 6 heteroatoms. The third-order valence-corrected chi connectivity index (χ3v) is 4.40. The summed E-state index contributed by atoms with van der Waals surface area (Å²) in [4.78, 5) is 16.7. The Balaban J connectivity index is 1.64. The third kappa shape index (κ3) is 3.80. The Kier molecular flexibility index (Phi) is 4.95. The van der Waals surface area contributed by atoms with Crippen molar-refractivity contribution in [3.05, 3.63) is 77.5 Å². The zero-order chi connectivity index (χ0) is 20.2. The van der Waals surface area contributed by atoms with Crippen LogP contribution in [0.4, 0.5) is 0 Å². The predicted molar refractivity (Wildman–Crippen MR) is 109 cm³/mol. The Hall–Kier alpha value is -4.11. The molecule has 0 spiro atoms. The van der Waals surface area contributed by atoms with Gasteiger partial charge in [0, 0.05) is 5.56 Å². The summed E-state index contributed by atoms with van der Waals surface area (Å²) in [6.45, 7) is -0.0808. The Bertz CT molecular complexity index is 1200. The van der Waals surface area contributed by atoms with Crippen LogP contribution in [-0.2, 0) is 9.53 Å². The molecule has 1 aliphatic heterocycles. The average Bonchev–Trinajstić information content (AvgIpc) is 3.12. The van der Waals surface area contributed by atoms with E-state index in [0.717, 1.165) is 16.3 Å². The third-order valence-electron chi connectivity index (χ3n) is 4.40. The van der Waals surface area contributed by atoms with Crippen LogP contribution >= 0.6 is 0 Å². The van der Waals surface area contributed by atoms with Gasteiger partial charge in [-0.05, 0) is 46.7 Å². The molecular weight excluding hydrogens is 368 g/mol. The maximum Gasteiger partial charge on any atom is 0.363 e. The van der Waals surface area contributed by atoms with Crippen LogP contribution in [0.5, 0.6) is 11.5 Å². The molecule has 0 unspecified atom stereocenters. The highest BCUT2D eigenvalue weighted by Crippen LogP contribution is 2.30. The minimum atomic E-state index is -0.517. The van der Waals surface area contributed by atoms with Gasteiger partial charge in [0.2, 0.25) is 5.90 Å². The fourth-order valence-corrected chi connectivity index (χ4v) is 3.02. The van der Waals surface area contributed by atoms with E-state index >= 15 is 0 Å². The molecule has 0 aliphatic carbocycles. The molecule has 0 aromatic heterocycles. The van der Waals surface area contributed by atoms with Crippen LogP contribution in [0.1, 0.15) is 11.1 Å². The van der Waals surface area contributed by atoms with Crippen LogP contribution in [0.15, 0.2) is 71.4 Å². The SMILES string of the molecule is COc1cc(/C=C2\N=C(c3ccc4ccccc4c3)OC2=O)ccc1OCC#N. The number of hydrogen-bond acceptors (Lipinski definition) is 6. The molecule has 6 nitrogen and oxygen atoms in total. The van der Waals surface area contributed by atoms with E-state index in [-0.39, 0.29) is 18.2 Å². The van der Waals surface area contributed by atoms with Gasteiger partial charge in [0.1, 0.15) is 6.07 Å². The van der Waals surface area contributed by atoms with E-state index in [1.165, 1.54) is 7.11 Å². The Labute approximate surface area is 167 Å². The van der Waals surface area contributed by atoms with Crippen LogP contribution in [0.2, 0.25) is 0 Å². The van der Waals surface area contributed by atoms with Crippen molar-refractivity contribution in [3.63, 3.8) is 0 Å². The van der Waals surface area contributed by atoms with E-state index in [1.54, 1.807) is 24.3 Å². The Morgan fingerprint density at radius 1 is 1.07 bits per heavy atom. The second kappa shape index (κ2) is 7.87. The number of rotatable bonds is 5. The van der Waals surface area contributed by atoms with E-state index in [9.17, 15) is 4.79 Å². The summed E-state index contributed by atoms with van der Waals surface area (Å²) in [5.41, 5.74) is 1.63. The second-order valence-electron chi connectivity index (χ2n) is 6.26. The average molecular weight is 384 g/mol. The van der Waals surface area contributed by atoms with Crippen molar-refractivity contribution in [2.24, 2.45) is 4.99 Å². The number of carbonyl (C=O) groups excluding carboxylic acids is 1. The largest absolute Gasteiger partial charge is 0.493 e. The van der Waals surface area contributed by atoms with E-state index in [2.05, 4.69) is 4.99 Å². The second-order valence-corrected chi connectivity index (χ2v) is 6.26. The molecule has 4 rings (SSSR count). The predicted octanol–water partition coefficient (Wildman–Crippen LogP) is 4.10. The van der Waals surface area contributed by atoms with Gasteiger partial charge in [-0.1, -0.05) is 36.4 Å². The number of esters is 1. The molecule has 3 aromatic rings. The normalized spacial score (nSPS) is 14.4. The first-order valence-corrected chi connectivity index (χ1v) is 8.87.